The third-order valence-electron chi connectivity index (χ3n) is 2.58. The van der Waals surface area contributed by atoms with E-state index in [2.05, 4.69) is 5.32 Å². The molecule has 0 radical (unpaired) electrons. The Morgan fingerprint density at radius 3 is 2.79 bits per heavy atom. The fraction of sp³-hybridized carbons (Fsp3) is 0.231. The Morgan fingerprint density at radius 2 is 2.16 bits per heavy atom. The van der Waals surface area contributed by atoms with Gasteiger partial charge in [0.2, 0.25) is 0 Å². The number of amides is 1. The number of aromatic nitrogens is 1. The normalized spacial score (nSPS) is 10.4. The summed E-state index contributed by atoms with van der Waals surface area (Å²) >= 11 is 1.05. The Morgan fingerprint density at radius 1 is 1.37 bits per heavy atom. The SMILES string of the molecule is CCCn1cccc1C(=O)Nc1ccc(C(=O)O)s1. The molecule has 0 bridgehead atoms. The van der Waals surface area contributed by atoms with Gasteiger partial charge in [0.25, 0.3) is 5.91 Å². The van der Waals surface area contributed by atoms with Crippen molar-refractivity contribution in [3.63, 3.8) is 0 Å². The standard InChI is InChI=1S/C13H14N2O3S/c1-2-7-15-8-3-4-9(15)12(16)14-11-6-5-10(19-11)13(17)18/h3-6,8H,2,7H2,1H3,(H,14,16)(H,17,18). The molecule has 100 valence electrons. The molecule has 0 fully saturated rings. The number of thiophene rings is 1. The lowest BCUT2D eigenvalue weighted by atomic mass is 10.3. The number of nitrogens with one attached hydrogen (secondary N) is 1. The topological polar surface area (TPSA) is 71.3 Å². The van der Waals surface area contributed by atoms with Crippen molar-refractivity contribution in [2.24, 2.45) is 0 Å². The molecule has 0 aromatic carbocycles. The molecule has 0 aliphatic carbocycles. The Labute approximate surface area is 114 Å². The van der Waals surface area contributed by atoms with Crippen molar-refractivity contribution in [3.05, 3.63) is 41.0 Å². The molecule has 0 unspecified atom stereocenters. The lowest BCUT2D eigenvalue weighted by Crippen LogP contribution is -2.16. The van der Waals surface area contributed by atoms with E-state index in [1.807, 2.05) is 23.8 Å². The smallest absolute Gasteiger partial charge is 0.345 e. The minimum absolute atomic E-state index is 0.208. The van der Waals surface area contributed by atoms with Crippen LogP contribution in [0, 0.1) is 0 Å². The monoisotopic (exact) mass is 278 g/mol. The Bertz CT molecular complexity index is 601. The Balaban J connectivity index is 2.11. The van der Waals surface area contributed by atoms with E-state index < -0.39 is 5.97 Å². The van der Waals surface area contributed by atoms with Crippen LogP contribution in [0.1, 0.15) is 33.5 Å². The molecule has 0 saturated carbocycles. The molecule has 5 nitrogen and oxygen atoms in total. The number of carboxylic acid groups (broad SMARTS) is 1. The van der Waals surface area contributed by atoms with Crippen molar-refractivity contribution < 1.29 is 14.7 Å². The van der Waals surface area contributed by atoms with Crippen LogP contribution >= 0.6 is 11.3 Å². The van der Waals surface area contributed by atoms with E-state index in [0.29, 0.717) is 10.7 Å². The zero-order chi connectivity index (χ0) is 13.8. The highest BCUT2D eigenvalue weighted by Gasteiger charge is 2.13. The van der Waals surface area contributed by atoms with Gasteiger partial charge in [-0.1, -0.05) is 6.92 Å². The molecule has 2 N–H and O–H groups in total. The number of aromatic carboxylic acids is 1. The van der Waals surface area contributed by atoms with Crippen molar-refractivity contribution in [2.45, 2.75) is 19.9 Å². The first-order chi connectivity index (χ1) is 9.11. The van der Waals surface area contributed by atoms with E-state index in [1.165, 1.54) is 6.07 Å². The van der Waals surface area contributed by atoms with Gasteiger partial charge in [-0.05, 0) is 30.7 Å². The van der Waals surface area contributed by atoms with Gasteiger partial charge in [-0.25, -0.2) is 4.79 Å². The summed E-state index contributed by atoms with van der Waals surface area (Å²) in [7, 11) is 0. The second-order valence-corrected chi connectivity index (χ2v) is 5.09. The molecule has 0 aliphatic heterocycles. The maximum Gasteiger partial charge on any atom is 0.345 e. The lowest BCUT2D eigenvalue weighted by Gasteiger charge is -2.07. The summed E-state index contributed by atoms with van der Waals surface area (Å²) in [6.45, 7) is 2.82. The van der Waals surface area contributed by atoms with E-state index in [9.17, 15) is 9.59 Å². The van der Waals surface area contributed by atoms with Gasteiger partial charge in [0, 0.05) is 12.7 Å². The van der Waals surface area contributed by atoms with Crippen LogP contribution in [-0.2, 0) is 6.54 Å². The minimum Gasteiger partial charge on any atom is -0.477 e. The van der Waals surface area contributed by atoms with Crippen LogP contribution in [0.3, 0.4) is 0 Å². The van der Waals surface area contributed by atoms with Gasteiger partial charge in [0.15, 0.2) is 0 Å². The zero-order valence-corrected chi connectivity index (χ0v) is 11.2. The van der Waals surface area contributed by atoms with Crippen LogP contribution < -0.4 is 5.32 Å². The number of nitrogens with zero attached hydrogens (tertiary/aromatic N) is 1. The highest BCUT2D eigenvalue weighted by molar-refractivity contribution is 7.18. The number of rotatable bonds is 5. The second kappa shape index (κ2) is 5.71. The molecule has 6 heteroatoms. The summed E-state index contributed by atoms with van der Waals surface area (Å²) in [6.07, 6.45) is 2.80. The predicted octanol–water partition coefficient (Wildman–Crippen LogP) is 2.91. The van der Waals surface area contributed by atoms with Crippen LogP contribution in [-0.4, -0.2) is 21.6 Å². The van der Waals surface area contributed by atoms with Gasteiger partial charge in [-0.15, -0.1) is 11.3 Å². The maximum atomic E-state index is 12.1. The molecular weight excluding hydrogens is 264 g/mol. The lowest BCUT2D eigenvalue weighted by molar-refractivity contribution is 0.0702. The predicted molar refractivity (Wildman–Crippen MR) is 74.0 cm³/mol. The van der Waals surface area contributed by atoms with Gasteiger partial charge in [-0.3, -0.25) is 4.79 Å². The van der Waals surface area contributed by atoms with E-state index in [-0.39, 0.29) is 10.8 Å². The third-order valence-corrected chi connectivity index (χ3v) is 3.57. The molecule has 0 saturated heterocycles. The average molecular weight is 278 g/mol. The summed E-state index contributed by atoms with van der Waals surface area (Å²) in [5.74, 6) is -1.21. The molecule has 19 heavy (non-hydrogen) atoms. The quantitative estimate of drug-likeness (QED) is 0.883. The van der Waals surface area contributed by atoms with Crippen LogP contribution in [0.5, 0.6) is 0 Å². The first kappa shape index (κ1) is 13.4. The molecular formula is C13H14N2O3S. The Hall–Kier alpha value is -2.08. The molecule has 0 aliphatic rings. The number of carboxylic acids is 1. The zero-order valence-electron chi connectivity index (χ0n) is 10.4. The van der Waals surface area contributed by atoms with Gasteiger partial charge in [-0.2, -0.15) is 0 Å². The first-order valence-electron chi connectivity index (χ1n) is 5.91. The van der Waals surface area contributed by atoms with E-state index in [1.54, 1.807) is 12.1 Å². The summed E-state index contributed by atoms with van der Waals surface area (Å²) < 4.78 is 1.88. The van der Waals surface area contributed by atoms with E-state index in [0.717, 1.165) is 24.3 Å². The Kier molecular flexibility index (Phi) is 4.01. The highest BCUT2D eigenvalue weighted by atomic mass is 32.1. The van der Waals surface area contributed by atoms with Crippen LogP contribution in [0.15, 0.2) is 30.5 Å². The van der Waals surface area contributed by atoms with Crippen molar-refractivity contribution in [1.29, 1.82) is 0 Å². The molecule has 2 rings (SSSR count). The number of aryl methyl sites for hydroxylation is 1. The van der Waals surface area contributed by atoms with Gasteiger partial charge < -0.3 is 15.0 Å². The molecule has 2 aromatic rings. The largest absolute Gasteiger partial charge is 0.477 e. The van der Waals surface area contributed by atoms with E-state index >= 15 is 0 Å². The summed E-state index contributed by atoms with van der Waals surface area (Å²) in [6, 6.07) is 6.64. The highest BCUT2D eigenvalue weighted by Crippen LogP contribution is 2.22. The van der Waals surface area contributed by atoms with Gasteiger partial charge >= 0.3 is 5.97 Å². The van der Waals surface area contributed by atoms with Crippen LogP contribution in [0.4, 0.5) is 5.00 Å². The number of hydrogen-bond donors (Lipinski definition) is 2. The fourth-order valence-corrected chi connectivity index (χ4v) is 2.49. The number of carbonyl (C=O) groups excluding carboxylic acids is 1. The van der Waals surface area contributed by atoms with Crippen molar-refractivity contribution in [1.82, 2.24) is 4.57 Å². The van der Waals surface area contributed by atoms with Crippen LogP contribution in [0.25, 0.3) is 0 Å². The fourth-order valence-electron chi connectivity index (χ4n) is 1.75. The maximum absolute atomic E-state index is 12.1. The average Bonchev–Trinajstić information content (AvgIpc) is 2.98. The summed E-state index contributed by atoms with van der Waals surface area (Å²) in [4.78, 5) is 23.0. The van der Waals surface area contributed by atoms with E-state index in [4.69, 9.17) is 5.11 Å². The van der Waals surface area contributed by atoms with Crippen molar-refractivity contribution in [2.75, 3.05) is 5.32 Å². The van der Waals surface area contributed by atoms with Crippen LogP contribution in [0.2, 0.25) is 0 Å². The minimum atomic E-state index is -0.986. The summed E-state index contributed by atoms with van der Waals surface area (Å²) in [5, 5.41) is 12.1. The number of anilines is 1. The molecule has 0 spiro atoms. The second-order valence-electron chi connectivity index (χ2n) is 4.01. The first-order valence-corrected chi connectivity index (χ1v) is 6.73. The van der Waals surface area contributed by atoms with Crippen molar-refractivity contribution in [3.8, 4) is 0 Å². The number of hydrogen-bond acceptors (Lipinski definition) is 3. The van der Waals surface area contributed by atoms with Crippen molar-refractivity contribution >= 4 is 28.2 Å². The molecule has 2 aromatic heterocycles. The molecule has 0 atom stereocenters. The summed E-state index contributed by atoms with van der Waals surface area (Å²) in [5.41, 5.74) is 0.576. The third kappa shape index (κ3) is 3.03. The molecule has 1 amide bonds. The van der Waals surface area contributed by atoms with Gasteiger partial charge in [0.05, 0.1) is 5.00 Å². The number of carbonyl (C=O) groups is 2. The van der Waals surface area contributed by atoms with Gasteiger partial charge in [0.1, 0.15) is 10.6 Å². The molecule has 2 heterocycles.